The van der Waals surface area contributed by atoms with Crippen molar-refractivity contribution in [3.05, 3.63) is 41.2 Å². The third-order valence-corrected chi connectivity index (χ3v) is 2.97. The number of aromatic nitrogens is 2. The number of nitrogens with zero attached hydrogens (tertiary/aromatic N) is 2. The Balaban J connectivity index is 2.42. The molecule has 0 aliphatic carbocycles. The lowest BCUT2D eigenvalue weighted by Crippen LogP contribution is -2.07. The Hall–Kier alpha value is -1.77. The van der Waals surface area contributed by atoms with Gasteiger partial charge in [-0.25, -0.2) is 4.98 Å². The van der Waals surface area contributed by atoms with Crippen molar-refractivity contribution in [3.8, 4) is 5.69 Å². The third-order valence-electron chi connectivity index (χ3n) is 2.97. The number of imidazole rings is 1. The van der Waals surface area contributed by atoms with Crippen molar-refractivity contribution in [2.75, 3.05) is 11.9 Å². The summed E-state index contributed by atoms with van der Waals surface area (Å²) in [6.45, 7) is 9.39. The molecule has 1 heterocycles. The van der Waals surface area contributed by atoms with Crippen LogP contribution in [0.15, 0.2) is 24.4 Å². The van der Waals surface area contributed by atoms with Crippen molar-refractivity contribution in [2.24, 2.45) is 0 Å². The highest BCUT2D eigenvalue weighted by Gasteiger charge is 2.08. The summed E-state index contributed by atoms with van der Waals surface area (Å²) in [7, 11) is 0. The Kier molecular flexibility index (Phi) is 3.70. The standard InChI is InChI=1S/C15H21N3/c1-5-8-16-15-17-13(4)10-18(15)14-7-6-11(2)9-12(14)3/h6-7,9-10H,5,8H2,1-4H3,(H,16,17). The van der Waals surface area contributed by atoms with E-state index in [1.165, 1.54) is 16.8 Å². The number of benzene rings is 1. The summed E-state index contributed by atoms with van der Waals surface area (Å²) >= 11 is 0. The molecule has 2 aromatic rings. The number of hydrogen-bond donors (Lipinski definition) is 1. The maximum absolute atomic E-state index is 4.54. The van der Waals surface area contributed by atoms with Gasteiger partial charge in [0.2, 0.25) is 5.95 Å². The number of aryl methyl sites for hydroxylation is 3. The van der Waals surface area contributed by atoms with Crippen LogP contribution in [-0.4, -0.2) is 16.1 Å². The summed E-state index contributed by atoms with van der Waals surface area (Å²) in [5, 5.41) is 3.38. The van der Waals surface area contributed by atoms with Gasteiger partial charge in [0.25, 0.3) is 0 Å². The van der Waals surface area contributed by atoms with Crippen LogP contribution in [0.1, 0.15) is 30.2 Å². The topological polar surface area (TPSA) is 29.9 Å². The van der Waals surface area contributed by atoms with Gasteiger partial charge in [-0.3, -0.25) is 4.57 Å². The largest absolute Gasteiger partial charge is 0.355 e. The van der Waals surface area contributed by atoms with E-state index in [2.05, 4.69) is 60.0 Å². The third kappa shape index (κ3) is 2.55. The second kappa shape index (κ2) is 5.25. The van der Waals surface area contributed by atoms with Crippen LogP contribution in [-0.2, 0) is 0 Å². The van der Waals surface area contributed by atoms with E-state index in [9.17, 15) is 0 Å². The Morgan fingerprint density at radius 3 is 2.67 bits per heavy atom. The molecule has 0 saturated heterocycles. The minimum atomic E-state index is 0.932. The Labute approximate surface area is 109 Å². The van der Waals surface area contributed by atoms with Crippen molar-refractivity contribution in [2.45, 2.75) is 34.1 Å². The van der Waals surface area contributed by atoms with Gasteiger partial charge in [-0.15, -0.1) is 0 Å². The quantitative estimate of drug-likeness (QED) is 0.888. The van der Waals surface area contributed by atoms with E-state index in [-0.39, 0.29) is 0 Å². The molecule has 0 fully saturated rings. The highest BCUT2D eigenvalue weighted by molar-refractivity contribution is 5.48. The molecule has 18 heavy (non-hydrogen) atoms. The zero-order valence-electron chi connectivity index (χ0n) is 11.6. The second-order valence-electron chi connectivity index (χ2n) is 4.79. The van der Waals surface area contributed by atoms with Gasteiger partial charge in [0, 0.05) is 12.7 Å². The molecule has 0 atom stereocenters. The summed E-state index contributed by atoms with van der Waals surface area (Å²) in [5.41, 5.74) is 4.79. The van der Waals surface area contributed by atoms with Gasteiger partial charge in [0.05, 0.1) is 11.4 Å². The van der Waals surface area contributed by atoms with Crippen LogP contribution in [0.5, 0.6) is 0 Å². The summed E-state index contributed by atoms with van der Waals surface area (Å²) in [4.78, 5) is 4.54. The molecule has 0 bridgehead atoms. The maximum Gasteiger partial charge on any atom is 0.207 e. The van der Waals surface area contributed by atoms with E-state index < -0.39 is 0 Å². The molecule has 3 nitrogen and oxygen atoms in total. The minimum Gasteiger partial charge on any atom is -0.355 e. The summed E-state index contributed by atoms with van der Waals surface area (Å²) < 4.78 is 2.14. The smallest absolute Gasteiger partial charge is 0.207 e. The molecule has 0 aliphatic heterocycles. The number of rotatable bonds is 4. The molecule has 0 amide bonds. The van der Waals surface area contributed by atoms with Gasteiger partial charge >= 0.3 is 0 Å². The fourth-order valence-electron chi connectivity index (χ4n) is 2.12. The van der Waals surface area contributed by atoms with Crippen LogP contribution in [0.3, 0.4) is 0 Å². The van der Waals surface area contributed by atoms with Crippen molar-refractivity contribution >= 4 is 5.95 Å². The first kappa shape index (κ1) is 12.7. The lowest BCUT2D eigenvalue weighted by molar-refractivity contribution is 0.934. The highest BCUT2D eigenvalue weighted by Crippen LogP contribution is 2.21. The van der Waals surface area contributed by atoms with Gasteiger partial charge < -0.3 is 5.32 Å². The minimum absolute atomic E-state index is 0.932. The van der Waals surface area contributed by atoms with Crippen molar-refractivity contribution < 1.29 is 0 Å². The summed E-state index contributed by atoms with van der Waals surface area (Å²) in [5.74, 6) is 0.932. The number of hydrogen-bond acceptors (Lipinski definition) is 2. The van der Waals surface area contributed by atoms with Crippen LogP contribution in [0, 0.1) is 20.8 Å². The lowest BCUT2D eigenvalue weighted by Gasteiger charge is -2.12. The van der Waals surface area contributed by atoms with E-state index in [0.29, 0.717) is 0 Å². The van der Waals surface area contributed by atoms with Gasteiger partial charge in [-0.2, -0.15) is 0 Å². The van der Waals surface area contributed by atoms with Crippen molar-refractivity contribution in [1.82, 2.24) is 9.55 Å². The Morgan fingerprint density at radius 2 is 2.00 bits per heavy atom. The van der Waals surface area contributed by atoms with E-state index in [0.717, 1.165) is 24.6 Å². The molecular weight excluding hydrogens is 222 g/mol. The maximum atomic E-state index is 4.54. The van der Waals surface area contributed by atoms with Crippen molar-refractivity contribution in [3.63, 3.8) is 0 Å². The molecule has 3 heteroatoms. The summed E-state index contributed by atoms with van der Waals surface area (Å²) in [6, 6.07) is 6.50. The molecule has 1 N–H and O–H groups in total. The van der Waals surface area contributed by atoms with E-state index in [4.69, 9.17) is 0 Å². The van der Waals surface area contributed by atoms with Gasteiger partial charge in [0.1, 0.15) is 0 Å². The highest BCUT2D eigenvalue weighted by atomic mass is 15.2. The molecule has 0 unspecified atom stereocenters. The van der Waals surface area contributed by atoms with Crippen molar-refractivity contribution in [1.29, 1.82) is 0 Å². The average Bonchev–Trinajstić information content (AvgIpc) is 2.67. The lowest BCUT2D eigenvalue weighted by atomic mass is 10.1. The molecule has 96 valence electrons. The van der Waals surface area contributed by atoms with Gasteiger partial charge in [-0.1, -0.05) is 24.6 Å². The fraction of sp³-hybridized carbons (Fsp3) is 0.400. The zero-order valence-corrected chi connectivity index (χ0v) is 11.6. The monoisotopic (exact) mass is 243 g/mol. The fourth-order valence-corrected chi connectivity index (χ4v) is 2.12. The normalized spacial score (nSPS) is 10.7. The molecule has 0 spiro atoms. The zero-order chi connectivity index (χ0) is 13.1. The molecule has 0 saturated carbocycles. The molecule has 0 aliphatic rings. The van der Waals surface area contributed by atoms with Gasteiger partial charge in [-0.05, 0) is 38.8 Å². The average molecular weight is 243 g/mol. The summed E-state index contributed by atoms with van der Waals surface area (Å²) in [6.07, 6.45) is 3.18. The van der Waals surface area contributed by atoms with Crippen LogP contribution in [0.4, 0.5) is 5.95 Å². The van der Waals surface area contributed by atoms with Crippen LogP contribution in [0.25, 0.3) is 5.69 Å². The first-order chi connectivity index (χ1) is 8.61. The first-order valence-electron chi connectivity index (χ1n) is 6.49. The second-order valence-corrected chi connectivity index (χ2v) is 4.79. The Bertz CT molecular complexity index is 541. The number of anilines is 1. The molecule has 1 aromatic heterocycles. The molecule has 2 rings (SSSR count). The number of nitrogens with one attached hydrogen (secondary N) is 1. The predicted octanol–water partition coefficient (Wildman–Crippen LogP) is 3.62. The van der Waals surface area contributed by atoms with E-state index in [1.807, 2.05) is 6.92 Å². The molecule has 0 radical (unpaired) electrons. The SMILES string of the molecule is CCCNc1nc(C)cn1-c1ccc(C)cc1C. The Morgan fingerprint density at radius 1 is 1.22 bits per heavy atom. The van der Waals surface area contributed by atoms with E-state index in [1.54, 1.807) is 0 Å². The van der Waals surface area contributed by atoms with Crippen LogP contribution >= 0.6 is 0 Å². The van der Waals surface area contributed by atoms with Gasteiger partial charge in [0.15, 0.2) is 0 Å². The first-order valence-corrected chi connectivity index (χ1v) is 6.49. The van der Waals surface area contributed by atoms with Crippen LogP contribution < -0.4 is 5.32 Å². The van der Waals surface area contributed by atoms with Crippen LogP contribution in [0.2, 0.25) is 0 Å². The molecular formula is C15H21N3. The molecule has 1 aromatic carbocycles. The predicted molar refractivity (Wildman–Crippen MR) is 76.6 cm³/mol. The van der Waals surface area contributed by atoms with E-state index >= 15 is 0 Å².